The molecule has 1 amide bonds. The number of hydrogen-bond acceptors (Lipinski definition) is 2. The summed E-state index contributed by atoms with van der Waals surface area (Å²) in [5.41, 5.74) is 0.0576. The van der Waals surface area contributed by atoms with Crippen LogP contribution in [0.2, 0.25) is 0 Å². The van der Waals surface area contributed by atoms with E-state index in [0.717, 1.165) is 17.7 Å². The molecule has 3 nitrogen and oxygen atoms in total. The topological polar surface area (TPSA) is 32.3 Å². The van der Waals surface area contributed by atoms with Crippen LogP contribution in [-0.2, 0) is 17.4 Å². The Morgan fingerprint density at radius 1 is 1.29 bits per heavy atom. The molecule has 1 unspecified atom stereocenters. The zero-order chi connectivity index (χ0) is 16.0. The van der Waals surface area contributed by atoms with Crippen LogP contribution >= 0.6 is 0 Å². The fourth-order valence-electron chi connectivity index (χ4n) is 2.04. The predicted octanol–water partition coefficient (Wildman–Crippen LogP) is 2.56. The predicted molar refractivity (Wildman–Crippen MR) is 75.9 cm³/mol. The summed E-state index contributed by atoms with van der Waals surface area (Å²) in [6.07, 6.45) is -3.89. The lowest BCUT2D eigenvalue weighted by atomic mass is 9.99. The van der Waals surface area contributed by atoms with E-state index in [9.17, 15) is 18.0 Å². The van der Waals surface area contributed by atoms with E-state index < -0.39 is 11.7 Å². The standard InChI is InChI=1S/C15H21F3N2O/c1-11(14(21)20(3)9-8-19-2)10-12-4-6-13(7-5-12)15(16,17)18/h4-7,11,19H,8-10H2,1-3H3. The average Bonchev–Trinajstić information content (AvgIpc) is 2.43. The molecule has 0 aromatic heterocycles. The molecule has 1 N–H and O–H groups in total. The van der Waals surface area contributed by atoms with Gasteiger partial charge in [0.15, 0.2) is 0 Å². The van der Waals surface area contributed by atoms with Crippen LogP contribution in [0.4, 0.5) is 13.2 Å². The normalized spacial score (nSPS) is 13.0. The number of halogens is 3. The lowest BCUT2D eigenvalue weighted by molar-refractivity contribution is -0.137. The van der Waals surface area contributed by atoms with Gasteiger partial charge >= 0.3 is 6.18 Å². The van der Waals surface area contributed by atoms with Crippen LogP contribution in [0.15, 0.2) is 24.3 Å². The van der Waals surface area contributed by atoms with Crippen LogP contribution in [0.25, 0.3) is 0 Å². The number of likely N-dealkylation sites (N-methyl/N-ethyl adjacent to an activating group) is 2. The van der Waals surface area contributed by atoms with Crippen molar-refractivity contribution in [3.63, 3.8) is 0 Å². The number of hydrogen-bond donors (Lipinski definition) is 1. The highest BCUT2D eigenvalue weighted by atomic mass is 19.4. The summed E-state index contributed by atoms with van der Waals surface area (Å²) in [4.78, 5) is 13.7. The van der Waals surface area contributed by atoms with Crippen LogP contribution in [-0.4, -0.2) is 38.0 Å². The van der Waals surface area contributed by atoms with Crippen molar-refractivity contribution < 1.29 is 18.0 Å². The Labute approximate surface area is 123 Å². The fraction of sp³-hybridized carbons (Fsp3) is 0.533. The van der Waals surface area contributed by atoms with Gasteiger partial charge in [0.2, 0.25) is 5.91 Å². The van der Waals surface area contributed by atoms with Crippen molar-refractivity contribution >= 4 is 5.91 Å². The second-order valence-corrected chi connectivity index (χ2v) is 5.16. The Morgan fingerprint density at radius 2 is 1.86 bits per heavy atom. The van der Waals surface area contributed by atoms with Gasteiger partial charge in [0.1, 0.15) is 0 Å². The molecule has 21 heavy (non-hydrogen) atoms. The van der Waals surface area contributed by atoms with E-state index >= 15 is 0 Å². The molecule has 1 rings (SSSR count). The molecule has 0 bridgehead atoms. The molecule has 0 fully saturated rings. The van der Waals surface area contributed by atoms with Gasteiger partial charge in [-0.25, -0.2) is 0 Å². The number of benzene rings is 1. The first-order chi connectivity index (χ1) is 9.75. The third-order valence-corrected chi connectivity index (χ3v) is 3.32. The molecule has 0 spiro atoms. The van der Waals surface area contributed by atoms with Gasteiger partial charge < -0.3 is 10.2 Å². The third kappa shape index (κ3) is 5.38. The SMILES string of the molecule is CNCCN(C)C(=O)C(C)Cc1ccc(C(F)(F)F)cc1. The highest BCUT2D eigenvalue weighted by Crippen LogP contribution is 2.29. The summed E-state index contributed by atoms with van der Waals surface area (Å²) in [5, 5.41) is 2.96. The highest BCUT2D eigenvalue weighted by Gasteiger charge is 2.30. The number of carbonyl (C=O) groups is 1. The quantitative estimate of drug-likeness (QED) is 0.876. The number of amides is 1. The van der Waals surface area contributed by atoms with E-state index in [0.29, 0.717) is 19.5 Å². The Bertz CT molecular complexity index is 457. The second kappa shape index (κ2) is 7.45. The molecule has 0 saturated carbocycles. The molecule has 0 radical (unpaired) electrons. The van der Waals surface area contributed by atoms with Crippen molar-refractivity contribution in [2.75, 3.05) is 27.2 Å². The highest BCUT2D eigenvalue weighted by molar-refractivity contribution is 5.78. The van der Waals surface area contributed by atoms with Crippen LogP contribution in [0.5, 0.6) is 0 Å². The van der Waals surface area contributed by atoms with Gasteiger partial charge in [-0.05, 0) is 31.2 Å². The molecule has 118 valence electrons. The van der Waals surface area contributed by atoms with Crippen molar-refractivity contribution in [2.24, 2.45) is 5.92 Å². The molecule has 0 heterocycles. The molecule has 0 saturated heterocycles. The molecule has 6 heteroatoms. The zero-order valence-corrected chi connectivity index (χ0v) is 12.5. The van der Waals surface area contributed by atoms with Gasteiger partial charge in [-0.3, -0.25) is 4.79 Å². The van der Waals surface area contributed by atoms with Crippen molar-refractivity contribution in [1.29, 1.82) is 0 Å². The maximum atomic E-state index is 12.5. The first kappa shape index (κ1) is 17.5. The average molecular weight is 302 g/mol. The minimum Gasteiger partial charge on any atom is -0.344 e. The van der Waals surface area contributed by atoms with Crippen molar-refractivity contribution in [1.82, 2.24) is 10.2 Å². The van der Waals surface area contributed by atoms with E-state index in [1.54, 1.807) is 18.9 Å². The molecule has 1 aromatic rings. The maximum absolute atomic E-state index is 12.5. The van der Waals surface area contributed by atoms with Gasteiger partial charge in [0.25, 0.3) is 0 Å². The van der Waals surface area contributed by atoms with Crippen LogP contribution < -0.4 is 5.32 Å². The summed E-state index contributed by atoms with van der Waals surface area (Å²) >= 11 is 0. The first-order valence-electron chi connectivity index (χ1n) is 6.81. The van der Waals surface area contributed by atoms with Gasteiger partial charge in [-0.1, -0.05) is 19.1 Å². The van der Waals surface area contributed by atoms with Gasteiger partial charge in [0, 0.05) is 26.1 Å². The van der Waals surface area contributed by atoms with Crippen molar-refractivity contribution in [2.45, 2.75) is 19.5 Å². The van der Waals surface area contributed by atoms with Crippen LogP contribution in [0.3, 0.4) is 0 Å². The minimum atomic E-state index is -4.33. The van der Waals surface area contributed by atoms with E-state index in [1.807, 2.05) is 7.05 Å². The smallest absolute Gasteiger partial charge is 0.344 e. The third-order valence-electron chi connectivity index (χ3n) is 3.32. The van der Waals surface area contributed by atoms with E-state index in [1.165, 1.54) is 12.1 Å². The van der Waals surface area contributed by atoms with Crippen molar-refractivity contribution in [3.05, 3.63) is 35.4 Å². The molecular weight excluding hydrogens is 281 g/mol. The molecule has 1 atom stereocenters. The summed E-state index contributed by atoms with van der Waals surface area (Å²) < 4.78 is 37.4. The van der Waals surface area contributed by atoms with E-state index in [-0.39, 0.29) is 11.8 Å². The molecule has 0 aliphatic rings. The van der Waals surface area contributed by atoms with Crippen LogP contribution in [0.1, 0.15) is 18.1 Å². The Balaban J connectivity index is 2.62. The first-order valence-corrected chi connectivity index (χ1v) is 6.81. The zero-order valence-electron chi connectivity index (χ0n) is 12.5. The van der Waals surface area contributed by atoms with Crippen LogP contribution in [0, 0.1) is 5.92 Å². The molecular formula is C15H21F3N2O. The number of carbonyl (C=O) groups excluding carboxylic acids is 1. The Morgan fingerprint density at radius 3 is 2.33 bits per heavy atom. The van der Waals surface area contributed by atoms with Gasteiger partial charge in [0.05, 0.1) is 5.56 Å². The molecule has 1 aromatic carbocycles. The van der Waals surface area contributed by atoms with Gasteiger partial charge in [-0.15, -0.1) is 0 Å². The number of nitrogens with zero attached hydrogens (tertiary/aromatic N) is 1. The number of rotatable bonds is 6. The molecule has 0 aliphatic heterocycles. The maximum Gasteiger partial charge on any atom is 0.416 e. The lowest BCUT2D eigenvalue weighted by Gasteiger charge is -2.21. The van der Waals surface area contributed by atoms with E-state index in [2.05, 4.69) is 5.32 Å². The summed E-state index contributed by atoms with van der Waals surface area (Å²) in [5.74, 6) is -0.270. The Kier molecular flexibility index (Phi) is 6.20. The lowest BCUT2D eigenvalue weighted by Crippen LogP contribution is -2.36. The fourth-order valence-corrected chi connectivity index (χ4v) is 2.04. The largest absolute Gasteiger partial charge is 0.416 e. The number of nitrogens with one attached hydrogen (secondary N) is 1. The molecule has 0 aliphatic carbocycles. The van der Waals surface area contributed by atoms with Crippen molar-refractivity contribution in [3.8, 4) is 0 Å². The Hall–Kier alpha value is -1.56. The second-order valence-electron chi connectivity index (χ2n) is 5.16. The monoisotopic (exact) mass is 302 g/mol. The summed E-state index contributed by atoms with van der Waals surface area (Å²) in [6, 6.07) is 4.97. The van der Waals surface area contributed by atoms with E-state index in [4.69, 9.17) is 0 Å². The van der Waals surface area contributed by atoms with Gasteiger partial charge in [-0.2, -0.15) is 13.2 Å². The summed E-state index contributed by atoms with van der Waals surface area (Å²) in [7, 11) is 3.53. The minimum absolute atomic E-state index is 0.00912. The number of alkyl halides is 3. The summed E-state index contributed by atoms with van der Waals surface area (Å²) in [6.45, 7) is 3.10.